The number of carboxylic acids is 1. The molecule has 3 N–H and O–H groups in total. The molecule has 1 aliphatic rings. The van der Waals surface area contributed by atoms with Crippen LogP contribution in [0.4, 0.5) is 10.5 Å². The average molecular weight is 382 g/mol. The second-order valence-corrected chi connectivity index (χ2v) is 6.65. The highest BCUT2D eigenvalue weighted by molar-refractivity contribution is 6.04. The van der Waals surface area contributed by atoms with Crippen LogP contribution in [0.5, 0.6) is 0 Å². The van der Waals surface area contributed by atoms with Gasteiger partial charge in [0.25, 0.3) is 5.91 Å². The van der Waals surface area contributed by atoms with Crippen LogP contribution in [0.25, 0.3) is 0 Å². The van der Waals surface area contributed by atoms with Gasteiger partial charge in [-0.25, -0.2) is 4.79 Å². The number of nitrogens with zero attached hydrogens (tertiary/aromatic N) is 2. The van der Waals surface area contributed by atoms with E-state index in [1.54, 1.807) is 35.4 Å². The number of carbonyl (C=O) groups is 3. The van der Waals surface area contributed by atoms with E-state index in [-0.39, 0.29) is 17.9 Å². The molecule has 0 aliphatic carbocycles. The van der Waals surface area contributed by atoms with Gasteiger partial charge in [0, 0.05) is 37.7 Å². The number of urea groups is 1. The molecule has 146 valence electrons. The molecule has 2 heterocycles. The molecule has 0 radical (unpaired) electrons. The number of anilines is 1. The number of hydrogen-bond acceptors (Lipinski definition) is 4. The molecule has 0 saturated carbocycles. The summed E-state index contributed by atoms with van der Waals surface area (Å²) >= 11 is 0. The van der Waals surface area contributed by atoms with E-state index in [0.29, 0.717) is 43.7 Å². The molecular formula is C20H22N4O4. The SMILES string of the molecule is O=C(Nc1ccc(CNC(=O)N2CCC(C(=O)O)CC2)cc1)c1cccnc1. The highest BCUT2D eigenvalue weighted by Gasteiger charge is 2.26. The van der Waals surface area contributed by atoms with Crippen molar-refractivity contribution in [1.29, 1.82) is 0 Å². The van der Waals surface area contributed by atoms with Crippen molar-refractivity contribution in [2.24, 2.45) is 5.92 Å². The highest BCUT2D eigenvalue weighted by Crippen LogP contribution is 2.17. The van der Waals surface area contributed by atoms with Gasteiger partial charge in [-0.15, -0.1) is 0 Å². The number of carbonyl (C=O) groups excluding carboxylic acids is 2. The molecule has 1 aliphatic heterocycles. The van der Waals surface area contributed by atoms with E-state index >= 15 is 0 Å². The zero-order chi connectivity index (χ0) is 19.9. The Kier molecular flexibility index (Phi) is 6.21. The molecule has 0 unspecified atom stereocenters. The van der Waals surface area contributed by atoms with E-state index in [9.17, 15) is 14.4 Å². The molecular weight excluding hydrogens is 360 g/mol. The lowest BCUT2D eigenvalue weighted by atomic mass is 9.97. The summed E-state index contributed by atoms with van der Waals surface area (Å²) in [7, 11) is 0. The van der Waals surface area contributed by atoms with Crippen molar-refractivity contribution >= 4 is 23.6 Å². The van der Waals surface area contributed by atoms with Crippen molar-refractivity contribution in [2.75, 3.05) is 18.4 Å². The number of nitrogens with one attached hydrogen (secondary N) is 2. The predicted molar refractivity (Wildman–Crippen MR) is 103 cm³/mol. The molecule has 1 aromatic heterocycles. The van der Waals surface area contributed by atoms with Crippen molar-refractivity contribution < 1.29 is 19.5 Å². The summed E-state index contributed by atoms with van der Waals surface area (Å²) in [6, 6.07) is 10.4. The van der Waals surface area contributed by atoms with E-state index < -0.39 is 5.97 Å². The first-order chi connectivity index (χ1) is 13.5. The predicted octanol–water partition coefficient (Wildman–Crippen LogP) is 2.34. The molecule has 2 aromatic rings. The van der Waals surface area contributed by atoms with Crippen molar-refractivity contribution in [1.82, 2.24) is 15.2 Å². The van der Waals surface area contributed by atoms with Crippen molar-refractivity contribution in [3.63, 3.8) is 0 Å². The van der Waals surface area contributed by atoms with Gasteiger partial charge in [-0.3, -0.25) is 14.6 Å². The van der Waals surface area contributed by atoms with Crippen molar-refractivity contribution in [3.05, 3.63) is 59.9 Å². The third kappa shape index (κ3) is 5.06. The molecule has 0 spiro atoms. The van der Waals surface area contributed by atoms with Gasteiger partial charge >= 0.3 is 12.0 Å². The summed E-state index contributed by atoms with van der Waals surface area (Å²) in [4.78, 5) is 40.9. The lowest BCUT2D eigenvalue weighted by Crippen LogP contribution is -2.45. The number of carboxylic acid groups (broad SMARTS) is 1. The third-order valence-corrected chi connectivity index (χ3v) is 4.71. The maximum atomic E-state index is 12.2. The summed E-state index contributed by atoms with van der Waals surface area (Å²) < 4.78 is 0. The minimum atomic E-state index is -0.796. The summed E-state index contributed by atoms with van der Waals surface area (Å²) in [5.74, 6) is -1.40. The number of amides is 3. The van der Waals surface area contributed by atoms with Gasteiger partial charge in [-0.2, -0.15) is 0 Å². The number of aromatic nitrogens is 1. The van der Waals surface area contributed by atoms with Crippen LogP contribution in [0.2, 0.25) is 0 Å². The smallest absolute Gasteiger partial charge is 0.317 e. The quantitative estimate of drug-likeness (QED) is 0.735. The van der Waals surface area contributed by atoms with Gasteiger partial charge in [0.15, 0.2) is 0 Å². The first-order valence-corrected chi connectivity index (χ1v) is 9.09. The Morgan fingerprint density at radius 2 is 1.82 bits per heavy atom. The molecule has 1 aromatic carbocycles. The lowest BCUT2D eigenvalue weighted by molar-refractivity contribution is -0.143. The maximum Gasteiger partial charge on any atom is 0.317 e. The van der Waals surface area contributed by atoms with E-state index in [1.165, 1.54) is 6.20 Å². The van der Waals surface area contributed by atoms with Crippen LogP contribution in [0.1, 0.15) is 28.8 Å². The van der Waals surface area contributed by atoms with Gasteiger partial charge in [0.05, 0.1) is 11.5 Å². The average Bonchev–Trinajstić information content (AvgIpc) is 2.73. The molecule has 8 nitrogen and oxygen atoms in total. The first-order valence-electron chi connectivity index (χ1n) is 9.09. The highest BCUT2D eigenvalue weighted by atomic mass is 16.4. The Balaban J connectivity index is 1.46. The fourth-order valence-corrected chi connectivity index (χ4v) is 3.03. The normalized spacial score (nSPS) is 14.4. The first kappa shape index (κ1) is 19.3. The van der Waals surface area contributed by atoms with Crippen LogP contribution >= 0.6 is 0 Å². The van der Waals surface area contributed by atoms with Crippen LogP contribution < -0.4 is 10.6 Å². The number of piperidine rings is 1. The zero-order valence-electron chi connectivity index (χ0n) is 15.3. The van der Waals surface area contributed by atoms with Gasteiger partial charge in [-0.05, 0) is 42.7 Å². The van der Waals surface area contributed by atoms with E-state index in [0.717, 1.165) is 5.56 Å². The van der Waals surface area contributed by atoms with Crippen LogP contribution in [0, 0.1) is 5.92 Å². The van der Waals surface area contributed by atoms with Gasteiger partial charge in [0.1, 0.15) is 0 Å². The molecule has 1 fully saturated rings. The molecule has 0 bridgehead atoms. The standard InChI is InChI=1S/C20H22N4O4/c25-18(16-2-1-9-21-13-16)23-17-5-3-14(4-6-17)12-22-20(28)24-10-7-15(8-11-24)19(26)27/h1-6,9,13,15H,7-8,10-12H2,(H,22,28)(H,23,25)(H,26,27). The lowest BCUT2D eigenvalue weighted by Gasteiger charge is -2.30. The van der Waals surface area contributed by atoms with Gasteiger partial charge < -0.3 is 20.6 Å². The van der Waals surface area contributed by atoms with Crippen LogP contribution in [-0.2, 0) is 11.3 Å². The fourth-order valence-electron chi connectivity index (χ4n) is 3.03. The van der Waals surface area contributed by atoms with E-state index in [4.69, 9.17) is 5.11 Å². The van der Waals surface area contributed by atoms with Crippen LogP contribution in [0.15, 0.2) is 48.8 Å². The number of aliphatic carboxylic acids is 1. The number of likely N-dealkylation sites (tertiary alicyclic amines) is 1. The van der Waals surface area contributed by atoms with E-state index in [1.807, 2.05) is 12.1 Å². The van der Waals surface area contributed by atoms with Crippen molar-refractivity contribution in [2.45, 2.75) is 19.4 Å². The molecule has 3 amide bonds. The van der Waals surface area contributed by atoms with Gasteiger partial charge in [0.2, 0.25) is 0 Å². The molecule has 3 rings (SSSR count). The Labute approximate surface area is 162 Å². The summed E-state index contributed by atoms with van der Waals surface area (Å²) in [6.45, 7) is 1.25. The molecule has 1 saturated heterocycles. The Morgan fingerprint density at radius 3 is 2.43 bits per heavy atom. The maximum absolute atomic E-state index is 12.2. The number of hydrogen-bond donors (Lipinski definition) is 3. The largest absolute Gasteiger partial charge is 0.481 e. The second kappa shape index (κ2) is 8.98. The van der Waals surface area contributed by atoms with E-state index in [2.05, 4.69) is 15.6 Å². The number of pyridine rings is 1. The second-order valence-electron chi connectivity index (χ2n) is 6.65. The number of rotatable bonds is 5. The van der Waals surface area contributed by atoms with Gasteiger partial charge in [-0.1, -0.05) is 12.1 Å². The fraction of sp³-hybridized carbons (Fsp3) is 0.300. The monoisotopic (exact) mass is 382 g/mol. The topological polar surface area (TPSA) is 112 Å². The number of benzene rings is 1. The summed E-state index contributed by atoms with van der Waals surface area (Å²) in [6.07, 6.45) is 4.06. The Bertz CT molecular complexity index is 831. The zero-order valence-corrected chi connectivity index (χ0v) is 15.3. The molecule has 0 atom stereocenters. The molecule has 28 heavy (non-hydrogen) atoms. The third-order valence-electron chi connectivity index (χ3n) is 4.71. The summed E-state index contributed by atoms with van der Waals surface area (Å²) in [5.41, 5.74) is 2.03. The minimum absolute atomic E-state index is 0.196. The van der Waals surface area contributed by atoms with Crippen LogP contribution in [-0.4, -0.2) is 46.0 Å². The van der Waals surface area contributed by atoms with Crippen LogP contribution in [0.3, 0.4) is 0 Å². The van der Waals surface area contributed by atoms with Crippen molar-refractivity contribution in [3.8, 4) is 0 Å². The Hall–Kier alpha value is -3.42. The minimum Gasteiger partial charge on any atom is -0.481 e. The molecule has 8 heteroatoms. The Morgan fingerprint density at radius 1 is 1.11 bits per heavy atom. The summed E-state index contributed by atoms with van der Waals surface area (Å²) in [5, 5.41) is 14.6.